The highest BCUT2D eigenvalue weighted by Gasteiger charge is 1.97. The fraction of sp³-hybridized carbons (Fsp3) is 1.00. The van der Waals surface area contributed by atoms with Crippen molar-refractivity contribution in [2.45, 2.75) is 51.9 Å². The van der Waals surface area contributed by atoms with Gasteiger partial charge in [0.1, 0.15) is 0 Å². The number of alkyl halides is 1. The molecule has 0 saturated heterocycles. The lowest BCUT2D eigenvalue weighted by atomic mass is 10.2. The monoisotopic (exact) mass is 219 g/mol. The van der Waals surface area contributed by atoms with Crippen molar-refractivity contribution < 1.29 is 0 Å². The van der Waals surface area contributed by atoms with Crippen LogP contribution in [0.1, 0.15) is 51.9 Å². The number of hydrogen-bond donors (Lipinski definition) is 0. The van der Waals surface area contributed by atoms with E-state index >= 15 is 0 Å². The number of hydrogen-bond acceptors (Lipinski definition) is 1. The molecule has 0 saturated carbocycles. The highest BCUT2D eigenvalue weighted by Crippen LogP contribution is 2.03. The second-order valence-corrected chi connectivity index (χ2v) is 4.49. The molecular weight excluding hydrogens is 194 g/mol. The van der Waals surface area contributed by atoms with Crippen LogP contribution in [0.3, 0.4) is 0 Å². The second kappa shape index (κ2) is 11.3. The summed E-state index contributed by atoms with van der Waals surface area (Å²) in [5.74, 6) is 0.826. The number of halogens is 1. The normalized spacial score (nSPS) is 11.1. The van der Waals surface area contributed by atoms with Crippen LogP contribution in [0, 0.1) is 0 Å². The van der Waals surface area contributed by atoms with Gasteiger partial charge in [-0.05, 0) is 39.4 Å². The molecule has 0 aromatic carbocycles. The van der Waals surface area contributed by atoms with Crippen LogP contribution in [-0.4, -0.2) is 30.9 Å². The van der Waals surface area contributed by atoms with E-state index < -0.39 is 0 Å². The number of unbranched alkanes of at least 4 members (excludes halogenated alkanes) is 5. The Hall–Kier alpha value is 0.250. The Labute approximate surface area is 94.8 Å². The van der Waals surface area contributed by atoms with Gasteiger partial charge in [-0.15, -0.1) is 11.6 Å². The maximum Gasteiger partial charge on any atom is 0.0223 e. The highest BCUT2D eigenvalue weighted by atomic mass is 35.5. The lowest BCUT2D eigenvalue weighted by Crippen LogP contribution is -2.20. The molecule has 0 aliphatic carbocycles. The van der Waals surface area contributed by atoms with Crippen molar-refractivity contribution in [2.75, 3.05) is 26.0 Å². The first-order chi connectivity index (χ1) is 6.81. The third-order valence-electron chi connectivity index (χ3n) is 2.57. The Bertz CT molecular complexity index is 106. The molecule has 14 heavy (non-hydrogen) atoms. The quantitative estimate of drug-likeness (QED) is 0.398. The van der Waals surface area contributed by atoms with E-state index in [1.807, 2.05) is 0 Å². The van der Waals surface area contributed by atoms with Crippen LogP contribution in [0.4, 0.5) is 0 Å². The molecule has 0 aromatic rings. The van der Waals surface area contributed by atoms with Gasteiger partial charge in [0.15, 0.2) is 0 Å². The topological polar surface area (TPSA) is 3.24 Å². The second-order valence-electron chi connectivity index (χ2n) is 4.11. The van der Waals surface area contributed by atoms with Crippen molar-refractivity contribution in [3.63, 3.8) is 0 Å². The maximum absolute atomic E-state index is 5.62. The van der Waals surface area contributed by atoms with Gasteiger partial charge in [0.25, 0.3) is 0 Å². The third kappa shape index (κ3) is 10.3. The smallest absolute Gasteiger partial charge is 0.0223 e. The SMILES string of the molecule is CCCCCN(C)CCCCCCCl. The summed E-state index contributed by atoms with van der Waals surface area (Å²) in [7, 11) is 2.23. The molecule has 0 N–H and O–H groups in total. The van der Waals surface area contributed by atoms with E-state index in [1.54, 1.807) is 0 Å². The molecule has 0 aliphatic heterocycles. The van der Waals surface area contributed by atoms with E-state index in [-0.39, 0.29) is 0 Å². The van der Waals surface area contributed by atoms with E-state index in [0.29, 0.717) is 0 Å². The zero-order valence-electron chi connectivity index (χ0n) is 9.90. The first-order valence-electron chi connectivity index (χ1n) is 6.05. The van der Waals surface area contributed by atoms with E-state index in [0.717, 1.165) is 5.88 Å². The van der Waals surface area contributed by atoms with Crippen LogP contribution in [0.15, 0.2) is 0 Å². The molecule has 0 radical (unpaired) electrons. The fourth-order valence-corrected chi connectivity index (χ4v) is 1.76. The molecule has 86 valence electrons. The van der Waals surface area contributed by atoms with Gasteiger partial charge in [-0.3, -0.25) is 0 Å². The average molecular weight is 220 g/mol. The van der Waals surface area contributed by atoms with Crippen molar-refractivity contribution in [1.29, 1.82) is 0 Å². The van der Waals surface area contributed by atoms with Gasteiger partial charge < -0.3 is 4.90 Å². The molecule has 0 rings (SSSR count). The lowest BCUT2D eigenvalue weighted by molar-refractivity contribution is 0.316. The molecule has 0 amide bonds. The van der Waals surface area contributed by atoms with Crippen molar-refractivity contribution in [3.8, 4) is 0 Å². The van der Waals surface area contributed by atoms with Gasteiger partial charge in [-0.25, -0.2) is 0 Å². The minimum atomic E-state index is 0.826. The highest BCUT2D eigenvalue weighted by molar-refractivity contribution is 6.17. The molecule has 0 unspecified atom stereocenters. The van der Waals surface area contributed by atoms with E-state index in [2.05, 4.69) is 18.9 Å². The summed E-state index contributed by atoms with van der Waals surface area (Å²) in [5, 5.41) is 0. The molecule has 2 heteroatoms. The Morgan fingerprint density at radius 3 is 2.00 bits per heavy atom. The first kappa shape index (κ1) is 14.2. The van der Waals surface area contributed by atoms with Gasteiger partial charge in [-0.1, -0.05) is 32.6 Å². The van der Waals surface area contributed by atoms with Crippen LogP contribution in [0.2, 0.25) is 0 Å². The van der Waals surface area contributed by atoms with E-state index in [1.165, 1.54) is 58.0 Å². The fourth-order valence-electron chi connectivity index (χ4n) is 1.57. The van der Waals surface area contributed by atoms with Gasteiger partial charge in [0.2, 0.25) is 0 Å². The molecule has 0 aliphatic rings. The van der Waals surface area contributed by atoms with Gasteiger partial charge in [0, 0.05) is 5.88 Å². The van der Waals surface area contributed by atoms with Crippen LogP contribution in [0.5, 0.6) is 0 Å². The van der Waals surface area contributed by atoms with Crippen LogP contribution >= 0.6 is 11.6 Å². The lowest BCUT2D eigenvalue weighted by Gasteiger charge is -2.15. The zero-order valence-corrected chi connectivity index (χ0v) is 10.7. The van der Waals surface area contributed by atoms with E-state index in [9.17, 15) is 0 Å². The van der Waals surface area contributed by atoms with Crippen molar-refractivity contribution in [1.82, 2.24) is 4.90 Å². The summed E-state index contributed by atoms with van der Waals surface area (Å²) in [5.41, 5.74) is 0. The molecule has 0 bridgehead atoms. The van der Waals surface area contributed by atoms with Gasteiger partial charge in [0.05, 0.1) is 0 Å². The molecule has 0 aromatic heterocycles. The minimum Gasteiger partial charge on any atom is -0.306 e. The van der Waals surface area contributed by atoms with Crippen LogP contribution < -0.4 is 0 Å². The number of nitrogens with zero attached hydrogens (tertiary/aromatic N) is 1. The molecular formula is C12H26ClN. The minimum absolute atomic E-state index is 0.826. The summed E-state index contributed by atoms with van der Waals surface area (Å²) in [6.45, 7) is 4.78. The Kier molecular flexibility index (Phi) is 11.5. The molecule has 0 atom stereocenters. The summed E-state index contributed by atoms with van der Waals surface area (Å²) in [6, 6.07) is 0. The average Bonchev–Trinajstić information content (AvgIpc) is 2.18. The van der Waals surface area contributed by atoms with E-state index in [4.69, 9.17) is 11.6 Å². The first-order valence-corrected chi connectivity index (χ1v) is 6.59. The third-order valence-corrected chi connectivity index (χ3v) is 2.83. The number of rotatable bonds is 10. The van der Waals surface area contributed by atoms with Crippen molar-refractivity contribution in [3.05, 3.63) is 0 Å². The molecule has 1 nitrogen and oxygen atoms in total. The predicted molar refractivity (Wildman–Crippen MR) is 66.2 cm³/mol. The van der Waals surface area contributed by atoms with Gasteiger partial charge in [-0.2, -0.15) is 0 Å². The molecule has 0 spiro atoms. The molecule has 0 fully saturated rings. The Balaban J connectivity index is 3.06. The predicted octanol–water partition coefficient (Wildman–Crippen LogP) is 3.91. The van der Waals surface area contributed by atoms with Crippen molar-refractivity contribution >= 4 is 11.6 Å². The Morgan fingerprint density at radius 2 is 1.43 bits per heavy atom. The van der Waals surface area contributed by atoms with Crippen LogP contribution in [0.25, 0.3) is 0 Å². The van der Waals surface area contributed by atoms with Crippen LogP contribution in [-0.2, 0) is 0 Å². The summed E-state index contributed by atoms with van der Waals surface area (Å²) < 4.78 is 0. The zero-order chi connectivity index (χ0) is 10.6. The largest absolute Gasteiger partial charge is 0.306 e. The standard InChI is InChI=1S/C12H26ClN/c1-3-4-8-11-14(2)12-9-6-5-7-10-13/h3-12H2,1-2H3. The van der Waals surface area contributed by atoms with Gasteiger partial charge >= 0.3 is 0 Å². The summed E-state index contributed by atoms with van der Waals surface area (Å²) in [4.78, 5) is 2.45. The Morgan fingerprint density at radius 1 is 0.857 bits per heavy atom. The summed E-state index contributed by atoms with van der Waals surface area (Å²) >= 11 is 5.62. The molecule has 0 heterocycles. The maximum atomic E-state index is 5.62. The summed E-state index contributed by atoms with van der Waals surface area (Å²) in [6.07, 6.45) is 9.20. The van der Waals surface area contributed by atoms with Crippen molar-refractivity contribution in [2.24, 2.45) is 0 Å².